The molecule has 0 aromatic heterocycles. The Morgan fingerprint density at radius 1 is 1.27 bits per heavy atom. The summed E-state index contributed by atoms with van der Waals surface area (Å²) >= 11 is 0. The summed E-state index contributed by atoms with van der Waals surface area (Å²) in [5, 5.41) is 0. The summed E-state index contributed by atoms with van der Waals surface area (Å²) in [6, 6.07) is 0. The summed E-state index contributed by atoms with van der Waals surface area (Å²) < 4.78 is 0. The predicted molar refractivity (Wildman–Crippen MR) is 40.7 cm³/mol. The van der Waals surface area contributed by atoms with E-state index in [-0.39, 0.29) is 61.6 Å². The van der Waals surface area contributed by atoms with Crippen LogP contribution in [0.25, 0.3) is 0 Å². The Balaban J connectivity index is -0.0000000612. The second-order valence-corrected chi connectivity index (χ2v) is 1.89. The van der Waals surface area contributed by atoms with Crippen molar-refractivity contribution in [1.82, 2.24) is 0 Å². The van der Waals surface area contributed by atoms with Crippen molar-refractivity contribution in [2.24, 2.45) is 0 Å². The Morgan fingerprint density at radius 3 is 1.82 bits per heavy atom. The van der Waals surface area contributed by atoms with Crippen LogP contribution in [0.2, 0.25) is 0 Å². The van der Waals surface area contributed by atoms with Crippen molar-refractivity contribution >= 4 is 11.0 Å². The normalized spacial score (nSPS) is 12.2. The Kier molecular flexibility index (Phi) is 23.0. The Bertz CT molecular complexity index is 127. The van der Waals surface area contributed by atoms with E-state index in [0.717, 1.165) is 6.42 Å². The molecule has 0 nitrogen and oxygen atoms in total. The van der Waals surface area contributed by atoms with Crippen LogP contribution in [0.5, 0.6) is 0 Å². The van der Waals surface area contributed by atoms with Crippen LogP contribution in [0.15, 0.2) is 17.2 Å². The van der Waals surface area contributed by atoms with Crippen LogP contribution < -0.4 is 24.8 Å². The smallest absolute Gasteiger partial charge is 0 e. The van der Waals surface area contributed by atoms with Gasteiger partial charge in [0.2, 0.25) is 0 Å². The molecule has 0 atom stereocenters. The fourth-order valence-electron chi connectivity index (χ4n) is 0.650. The molecule has 1 rings (SSSR count). The van der Waals surface area contributed by atoms with E-state index in [9.17, 15) is 0 Å². The molecule has 0 bridgehead atoms. The third kappa shape index (κ3) is 7.51. The van der Waals surface area contributed by atoms with Crippen molar-refractivity contribution in [3.8, 4) is 0 Å². The van der Waals surface area contributed by atoms with Crippen LogP contribution in [0, 0.1) is 6.08 Å². The molecule has 65 valence electrons. The molecule has 1 radical (unpaired) electrons. The average Bonchev–Trinajstić information content (AvgIpc) is 1.91. The molecule has 0 aromatic rings. The molecule has 0 aliphatic heterocycles. The SMILES string of the molecule is CC1=[C-]CC=C1C.[Cl-].[Cl-].[Hf].[SiH3]. The van der Waals surface area contributed by atoms with Crippen LogP contribution in [0.1, 0.15) is 20.3 Å². The molecule has 0 fully saturated rings. The van der Waals surface area contributed by atoms with Gasteiger partial charge in [0.05, 0.1) is 0 Å². The van der Waals surface area contributed by atoms with Crippen molar-refractivity contribution in [1.29, 1.82) is 0 Å². The van der Waals surface area contributed by atoms with E-state index < -0.39 is 0 Å². The summed E-state index contributed by atoms with van der Waals surface area (Å²) in [6.07, 6.45) is 6.41. The minimum atomic E-state index is 0. The van der Waals surface area contributed by atoms with Crippen molar-refractivity contribution in [2.45, 2.75) is 20.3 Å². The van der Waals surface area contributed by atoms with Gasteiger partial charge in [-0.05, 0) is 11.0 Å². The van der Waals surface area contributed by atoms with Gasteiger partial charge in [0, 0.05) is 25.8 Å². The fourth-order valence-corrected chi connectivity index (χ4v) is 0.650. The van der Waals surface area contributed by atoms with Gasteiger partial charge in [0.15, 0.2) is 0 Å². The van der Waals surface area contributed by atoms with Crippen molar-refractivity contribution in [2.75, 3.05) is 0 Å². The second kappa shape index (κ2) is 11.1. The zero-order chi connectivity index (χ0) is 5.28. The fraction of sp³-hybridized carbons (Fsp3) is 0.429. The third-order valence-electron chi connectivity index (χ3n) is 1.37. The first kappa shape index (κ1) is 22.7. The van der Waals surface area contributed by atoms with Gasteiger partial charge in [-0.25, -0.2) is 11.1 Å². The molecule has 0 unspecified atom stereocenters. The minimum absolute atomic E-state index is 0. The Hall–Kier alpha value is 1.15. The molecule has 4 heteroatoms. The molecule has 0 spiro atoms. The molecule has 1 aliphatic rings. The summed E-state index contributed by atoms with van der Waals surface area (Å²) in [5.74, 6) is 0. The number of hydrogen-bond acceptors (Lipinski definition) is 0. The summed E-state index contributed by atoms with van der Waals surface area (Å²) in [5.41, 5.74) is 2.71. The van der Waals surface area contributed by atoms with E-state index in [1.54, 1.807) is 0 Å². The maximum atomic E-state index is 3.19. The molecule has 0 saturated heterocycles. The van der Waals surface area contributed by atoms with Crippen LogP contribution in [-0.4, -0.2) is 11.0 Å². The van der Waals surface area contributed by atoms with Gasteiger partial charge in [-0.2, -0.15) is 6.08 Å². The van der Waals surface area contributed by atoms with E-state index in [2.05, 4.69) is 26.0 Å². The Morgan fingerprint density at radius 2 is 1.73 bits per heavy atom. The maximum Gasteiger partial charge on any atom is 0 e. The first-order valence-corrected chi connectivity index (χ1v) is 2.55. The largest absolute Gasteiger partial charge is 1.00 e. The van der Waals surface area contributed by atoms with E-state index in [4.69, 9.17) is 0 Å². The van der Waals surface area contributed by atoms with Gasteiger partial charge in [-0.1, -0.05) is 6.92 Å². The van der Waals surface area contributed by atoms with Crippen LogP contribution >= 0.6 is 0 Å². The third-order valence-corrected chi connectivity index (χ3v) is 1.37. The van der Waals surface area contributed by atoms with E-state index in [1.807, 2.05) is 0 Å². The molecule has 11 heavy (non-hydrogen) atoms. The summed E-state index contributed by atoms with van der Waals surface area (Å²) in [6.45, 7) is 4.22. The maximum absolute atomic E-state index is 3.19. The summed E-state index contributed by atoms with van der Waals surface area (Å²) in [4.78, 5) is 0. The van der Waals surface area contributed by atoms with Gasteiger partial charge >= 0.3 is 0 Å². The number of rotatable bonds is 0. The van der Waals surface area contributed by atoms with Gasteiger partial charge in [-0.3, -0.25) is 6.08 Å². The monoisotopic (exact) mass is 374 g/mol. The van der Waals surface area contributed by atoms with E-state index in [1.165, 1.54) is 11.1 Å². The summed E-state index contributed by atoms with van der Waals surface area (Å²) in [7, 11) is 0. The van der Waals surface area contributed by atoms with Crippen LogP contribution in [0.3, 0.4) is 0 Å². The topological polar surface area (TPSA) is 0 Å². The van der Waals surface area contributed by atoms with Crippen molar-refractivity contribution in [3.63, 3.8) is 0 Å². The minimum Gasteiger partial charge on any atom is -1.00 e. The molecule has 1 aliphatic carbocycles. The van der Waals surface area contributed by atoms with Gasteiger partial charge in [-0.15, -0.1) is 13.3 Å². The average molecular weight is 374 g/mol. The first-order chi connectivity index (χ1) is 3.30. The molecular weight excluding hydrogens is 362 g/mol. The van der Waals surface area contributed by atoms with E-state index >= 15 is 0 Å². The second-order valence-electron chi connectivity index (χ2n) is 1.89. The van der Waals surface area contributed by atoms with E-state index in [0.29, 0.717) is 0 Å². The Labute approximate surface area is 105 Å². The number of halogens is 2. The zero-order valence-electron chi connectivity index (χ0n) is 7.04. The van der Waals surface area contributed by atoms with Crippen LogP contribution in [0.4, 0.5) is 0 Å². The van der Waals surface area contributed by atoms with Gasteiger partial charge in [0.1, 0.15) is 0 Å². The molecular formula is C7H12Cl2HfSi-3. The predicted octanol–water partition coefficient (Wildman–Crippen LogP) is -5.09. The van der Waals surface area contributed by atoms with Gasteiger partial charge < -0.3 is 24.8 Å². The molecule has 0 saturated carbocycles. The van der Waals surface area contributed by atoms with Crippen molar-refractivity contribution < 1.29 is 50.7 Å². The van der Waals surface area contributed by atoms with Crippen molar-refractivity contribution in [3.05, 3.63) is 23.3 Å². The number of allylic oxidation sites excluding steroid dienone is 4. The molecule has 0 heterocycles. The molecule has 0 aromatic carbocycles. The first-order valence-electron chi connectivity index (χ1n) is 2.55. The molecule has 0 amide bonds. The van der Waals surface area contributed by atoms with Gasteiger partial charge in [0.25, 0.3) is 0 Å². The molecule has 0 N–H and O–H groups in total. The zero-order valence-corrected chi connectivity index (χ0v) is 14.1. The number of hydrogen-bond donors (Lipinski definition) is 0. The van der Waals surface area contributed by atoms with Crippen LogP contribution in [-0.2, 0) is 25.8 Å². The standard InChI is InChI=1S/C7H9.2ClH.Hf.H3Si/c1-6-4-3-5-7(6)2;;;;/h4H,3H2,1-2H3;2*1H;;1H3/q-1;;;;/p-2. The quantitative estimate of drug-likeness (QED) is 0.294.